The highest BCUT2D eigenvalue weighted by molar-refractivity contribution is 6.31. The summed E-state index contributed by atoms with van der Waals surface area (Å²) in [4.78, 5) is 26.7. The number of imide groups is 1. The molecule has 1 aromatic carbocycles. The van der Waals surface area contributed by atoms with Crippen LogP contribution in [0.25, 0.3) is 0 Å². The van der Waals surface area contributed by atoms with Gasteiger partial charge in [0.05, 0.1) is 24.6 Å². The van der Waals surface area contributed by atoms with Gasteiger partial charge in [0.15, 0.2) is 0 Å². The summed E-state index contributed by atoms with van der Waals surface area (Å²) in [6.07, 6.45) is 5.08. The van der Waals surface area contributed by atoms with Crippen molar-refractivity contribution in [1.82, 2.24) is 0 Å². The quantitative estimate of drug-likeness (QED) is 0.623. The van der Waals surface area contributed by atoms with Crippen LogP contribution in [-0.2, 0) is 9.59 Å². The fraction of sp³-hybridized carbons (Fsp3) is 0.375. The van der Waals surface area contributed by atoms with Crippen LogP contribution in [0.2, 0.25) is 5.02 Å². The largest absolute Gasteiger partial charge is 0.495 e. The third kappa shape index (κ3) is 1.62. The van der Waals surface area contributed by atoms with Crippen LogP contribution < -0.4 is 9.64 Å². The van der Waals surface area contributed by atoms with Gasteiger partial charge in [0, 0.05) is 5.02 Å². The fourth-order valence-corrected chi connectivity index (χ4v) is 4.14. The van der Waals surface area contributed by atoms with Crippen molar-refractivity contribution in [2.75, 3.05) is 12.0 Å². The number of hydrogen-bond donors (Lipinski definition) is 0. The van der Waals surface area contributed by atoms with E-state index in [0.717, 1.165) is 6.42 Å². The van der Waals surface area contributed by atoms with E-state index in [1.807, 2.05) is 0 Å². The molecule has 21 heavy (non-hydrogen) atoms. The second-order valence-corrected chi connectivity index (χ2v) is 6.26. The lowest BCUT2D eigenvalue weighted by atomic mass is 9.85. The maximum absolute atomic E-state index is 12.7. The van der Waals surface area contributed by atoms with Crippen LogP contribution in [0.1, 0.15) is 6.42 Å². The molecule has 0 unspecified atom stereocenters. The van der Waals surface area contributed by atoms with Crippen molar-refractivity contribution in [1.29, 1.82) is 0 Å². The molecular formula is C16H14ClNO3. The van der Waals surface area contributed by atoms with Gasteiger partial charge in [-0.05, 0) is 36.5 Å². The predicted molar refractivity (Wildman–Crippen MR) is 78.2 cm³/mol. The molecular weight excluding hydrogens is 290 g/mol. The first-order chi connectivity index (χ1) is 10.1. The fourth-order valence-electron chi connectivity index (χ4n) is 3.98. The normalized spacial score (nSPS) is 33.0. The molecule has 0 N–H and O–H groups in total. The molecule has 1 heterocycles. The molecule has 4 atom stereocenters. The molecule has 108 valence electrons. The van der Waals surface area contributed by atoms with Crippen molar-refractivity contribution >= 4 is 29.1 Å². The number of benzene rings is 1. The van der Waals surface area contributed by atoms with Crippen molar-refractivity contribution in [3.8, 4) is 5.75 Å². The number of methoxy groups -OCH3 is 1. The number of carbonyl (C=O) groups excluding carboxylic acids is 2. The Morgan fingerprint density at radius 1 is 1.14 bits per heavy atom. The molecule has 0 aromatic heterocycles. The first-order valence-electron chi connectivity index (χ1n) is 7.01. The number of allylic oxidation sites excluding steroid dienone is 2. The van der Waals surface area contributed by atoms with Crippen LogP contribution in [0.15, 0.2) is 30.4 Å². The second kappa shape index (κ2) is 4.34. The summed E-state index contributed by atoms with van der Waals surface area (Å²) in [7, 11) is 1.52. The summed E-state index contributed by atoms with van der Waals surface area (Å²) >= 11 is 6.02. The molecule has 2 amide bonds. The van der Waals surface area contributed by atoms with Crippen molar-refractivity contribution in [3.05, 3.63) is 35.4 Å². The Morgan fingerprint density at radius 3 is 2.33 bits per heavy atom. The number of rotatable bonds is 2. The number of carbonyl (C=O) groups is 2. The molecule has 2 bridgehead atoms. The van der Waals surface area contributed by atoms with Crippen molar-refractivity contribution < 1.29 is 14.3 Å². The van der Waals surface area contributed by atoms with Gasteiger partial charge in [0.25, 0.3) is 0 Å². The Labute approximate surface area is 127 Å². The average molecular weight is 304 g/mol. The number of halogens is 1. The Hall–Kier alpha value is -1.81. The first-order valence-corrected chi connectivity index (χ1v) is 7.39. The van der Waals surface area contributed by atoms with E-state index in [9.17, 15) is 9.59 Å². The maximum Gasteiger partial charge on any atom is 0.238 e. The smallest absolute Gasteiger partial charge is 0.238 e. The van der Waals surface area contributed by atoms with E-state index in [-0.39, 0.29) is 35.5 Å². The van der Waals surface area contributed by atoms with E-state index in [0.29, 0.717) is 16.5 Å². The third-order valence-corrected chi connectivity index (χ3v) is 5.09. The number of hydrogen-bond acceptors (Lipinski definition) is 3. The lowest BCUT2D eigenvalue weighted by Gasteiger charge is -2.20. The van der Waals surface area contributed by atoms with E-state index in [4.69, 9.17) is 16.3 Å². The molecule has 5 heteroatoms. The Morgan fingerprint density at radius 2 is 1.76 bits per heavy atom. The topological polar surface area (TPSA) is 46.6 Å². The van der Waals surface area contributed by atoms with Gasteiger partial charge in [-0.1, -0.05) is 23.8 Å². The molecule has 1 saturated carbocycles. The zero-order valence-corrected chi connectivity index (χ0v) is 12.2. The lowest BCUT2D eigenvalue weighted by molar-refractivity contribution is -0.123. The minimum Gasteiger partial charge on any atom is -0.495 e. The standard InChI is InChI=1S/C16H14ClNO3/c1-21-12-5-4-10(17)7-11(12)18-15(19)13-8-2-3-9(6-8)14(13)16(18)20/h2-5,7-9,13-14H,6H2,1H3/t8-,9+,13+,14-. The van der Waals surface area contributed by atoms with Gasteiger partial charge >= 0.3 is 0 Å². The number of nitrogens with zero attached hydrogens (tertiary/aromatic N) is 1. The summed E-state index contributed by atoms with van der Waals surface area (Å²) < 4.78 is 5.28. The van der Waals surface area contributed by atoms with Gasteiger partial charge < -0.3 is 4.74 Å². The molecule has 2 fully saturated rings. The second-order valence-electron chi connectivity index (χ2n) is 5.83. The summed E-state index contributed by atoms with van der Waals surface area (Å²) in [5.74, 6) is 0.219. The van der Waals surface area contributed by atoms with E-state index < -0.39 is 0 Å². The van der Waals surface area contributed by atoms with Crippen molar-refractivity contribution in [2.24, 2.45) is 23.7 Å². The summed E-state index contributed by atoms with van der Waals surface area (Å²) in [6, 6.07) is 4.98. The predicted octanol–water partition coefficient (Wildman–Crippen LogP) is 2.66. The molecule has 1 aromatic rings. The summed E-state index contributed by atoms with van der Waals surface area (Å²) in [5.41, 5.74) is 0.453. The van der Waals surface area contributed by atoms with Crippen LogP contribution in [0, 0.1) is 23.7 Å². The van der Waals surface area contributed by atoms with Crippen molar-refractivity contribution in [2.45, 2.75) is 6.42 Å². The molecule has 1 aliphatic heterocycles. The zero-order chi connectivity index (χ0) is 14.7. The number of anilines is 1. The highest BCUT2D eigenvalue weighted by Gasteiger charge is 2.59. The number of ether oxygens (including phenoxy) is 1. The van der Waals surface area contributed by atoms with E-state index in [2.05, 4.69) is 12.2 Å². The summed E-state index contributed by atoms with van der Waals surface area (Å²) in [5, 5.41) is 0.476. The van der Waals surface area contributed by atoms with Crippen LogP contribution in [-0.4, -0.2) is 18.9 Å². The molecule has 0 spiro atoms. The zero-order valence-electron chi connectivity index (χ0n) is 11.5. The average Bonchev–Trinajstić information content (AvgIpc) is 3.13. The molecule has 0 radical (unpaired) electrons. The van der Waals surface area contributed by atoms with E-state index in [1.165, 1.54) is 12.0 Å². The lowest BCUT2D eigenvalue weighted by Crippen LogP contribution is -2.33. The van der Waals surface area contributed by atoms with Crippen molar-refractivity contribution in [3.63, 3.8) is 0 Å². The van der Waals surface area contributed by atoms with Gasteiger partial charge in [0.2, 0.25) is 11.8 Å². The summed E-state index contributed by atoms with van der Waals surface area (Å²) in [6.45, 7) is 0. The highest BCUT2D eigenvalue weighted by Crippen LogP contribution is 2.54. The van der Waals surface area contributed by atoms with Gasteiger partial charge in [0.1, 0.15) is 5.75 Å². The van der Waals surface area contributed by atoms with Gasteiger partial charge in [-0.25, -0.2) is 4.90 Å². The third-order valence-electron chi connectivity index (χ3n) is 4.85. The minimum atomic E-state index is -0.212. The molecule has 4 nitrogen and oxygen atoms in total. The Kier molecular flexibility index (Phi) is 2.67. The van der Waals surface area contributed by atoms with Crippen LogP contribution >= 0.6 is 11.6 Å². The number of amides is 2. The van der Waals surface area contributed by atoms with E-state index in [1.54, 1.807) is 18.2 Å². The van der Waals surface area contributed by atoms with Gasteiger partial charge in [-0.2, -0.15) is 0 Å². The van der Waals surface area contributed by atoms with Gasteiger partial charge in [-0.15, -0.1) is 0 Å². The molecule has 3 aliphatic rings. The molecule has 2 aliphatic carbocycles. The van der Waals surface area contributed by atoms with Crippen LogP contribution in [0.5, 0.6) is 5.75 Å². The first kappa shape index (κ1) is 12.9. The number of fused-ring (bicyclic) bond motifs is 5. The molecule has 1 saturated heterocycles. The highest BCUT2D eigenvalue weighted by atomic mass is 35.5. The monoisotopic (exact) mass is 303 g/mol. The maximum atomic E-state index is 12.7. The minimum absolute atomic E-state index is 0.123. The van der Waals surface area contributed by atoms with Crippen LogP contribution in [0.4, 0.5) is 5.69 Å². The van der Waals surface area contributed by atoms with Crippen LogP contribution in [0.3, 0.4) is 0 Å². The molecule has 4 rings (SSSR count). The van der Waals surface area contributed by atoms with Gasteiger partial charge in [-0.3, -0.25) is 9.59 Å². The van der Waals surface area contributed by atoms with E-state index >= 15 is 0 Å². The SMILES string of the molecule is COc1ccc(Cl)cc1N1C(=O)[C@@H]2[C@H](C1=O)[C@H]1C=C[C@@H]2C1. The Bertz CT molecular complexity index is 654. The Balaban J connectivity index is 1.79.